The Kier molecular flexibility index (Phi) is 3.47. The number of hydroxylamine groups is 2. The normalized spacial score (nSPS) is 22.6. The predicted molar refractivity (Wildman–Crippen MR) is 77.1 cm³/mol. The third kappa shape index (κ3) is 2.91. The van der Waals surface area contributed by atoms with Gasteiger partial charge in [0.25, 0.3) is 0 Å². The van der Waals surface area contributed by atoms with E-state index in [9.17, 15) is 5.21 Å². The van der Waals surface area contributed by atoms with Crippen LogP contribution >= 0.6 is 0 Å². The maximum absolute atomic E-state index is 10.3. The molecule has 0 atom stereocenters. The summed E-state index contributed by atoms with van der Waals surface area (Å²) in [5, 5.41) is 14.9. The average molecular weight is 281 g/mol. The number of nitrogens with two attached hydrogens (primary N) is 2. The highest BCUT2D eigenvalue weighted by atomic mass is 16.5. The molecule has 8 nitrogen and oxygen atoms in total. The smallest absolute Gasteiger partial charge is 0.229 e. The minimum atomic E-state index is -0.344. The molecule has 1 aromatic heterocycles. The molecular weight excluding hydrogens is 258 g/mol. The van der Waals surface area contributed by atoms with Gasteiger partial charge in [0.05, 0.1) is 0 Å². The van der Waals surface area contributed by atoms with Crippen molar-refractivity contribution in [3.63, 3.8) is 0 Å². The molecule has 0 aliphatic carbocycles. The lowest BCUT2D eigenvalue weighted by molar-refractivity contribution is -0.243. The fourth-order valence-corrected chi connectivity index (χ4v) is 3.03. The van der Waals surface area contributed by atoms with Crippen LogP contribution in [0, 0.1) is 0 Å². The number of hydrogen-bond acceptors (Lipinski definition) is 8. The summed E-state index contributed by atoms with van der Waals surface area (Å²) in [6.07, 6.45) is 1.50. The molecule has 2 rings (SSSR count). The van der Waals surface area contributed by atoms with Gasteiger partial charge in [0.1, 0.15) is 0 Å². The summed E-state index contributed by atoms with van der Waals surface area (Å²) < 4.78 is 0. The van der Waals surface area contributed by atoms with Crippen LogP contribution in [0.2, 0.25) is 0 Å². The quantitative estimate of drug-likeness (QED) is 0.628. The van der Waals surface area contributed by atoms with Crippen LogP contribution in [-0.2, 0) is 0 Å². The third-order valence-electron chi connectivity index (χ3n) is 3.64. The number of aromatic nitrogens is 3. The zero-order valence-corrected chi connectivity index (χ0v) is 12.4. The first kappa shape index (κ1) is 14.7. The van der Waals surface area contributed by atoms with E-state index < -0.39 is 0 Å². The molecule has 1 fully saturated rings. The van der Waals surface area contributed by atoms with Gasteiger partial charge in [-0.05, 0) is 40.5 Å². The number of nitrogens with zero attached hydrogens (tertiary/aromatic N) is 4. The fourth-order valence-electron chi connectivity index (χ4n) is 3.03. The summed E-state index contributed by atoms with van der Waals surface area (Å²) in [6.45, 7) is 7.99. The van der Waals surface area contributed by atoms with Crippen LogP contribution in [-0.4, -0.2) is 42.3 Å². The number of nitrogens with one attached hydrogen (secondary N) is 1. The molecule has 1 aliphatic rings. The molecule has 1 aromatic rings. The molecule has 0 bridgehead atoms. The van der Waals surface area contributed by atoms with Crippen LogP contribution in [0.5, 0.6) is 0 Å². The molecule has 1 saturated heterocycles. The average Bonchev–Trinajstić information content (AvgIpc) is 2.23. The van der Waals surface area contributed by atoms with E-state index in [2.05, 4.69) is 20.3 Å². The van der Waals surface area contributed by atoms with Crippen LogP contribution in [0.15, 0.2) is 0 Å². The maximum Gasteiger partial charge on any atom is 0.229 e. The summed E-state index contributed by atoms with van der Waals surface area (Å²) in [5.74, 6) is 0.564. The molecule has 112 valence electrons. The van der Waals surface area contributed by atoms with E-state index in [1.165, 1.54) is 5.06 Å². The minimum absolute atomic E-state index is 0.0955. The van der Waals surface area contributed by atoms with Gasteiger partial charge in [-0.2, -0.15) is 20.0 Å². The number of piperidine rings is 1. The highest BCUT2D eigenvalue weighted by Crippen LogP contribution is 2.37. The molecule has 0 unspecified atom stereocenters. The Labute approximate surface area is 118 Å². The van der Waals surface area contributed by atoms with Crippen LogP contribution < -0.4 is 16.8 Å². The molecule has 0 aromatic carbocycles. The van der Waals surface area contributed by atoms with Crippen LogP contribution in [0.4, 0.5) is 17.8 Å². The zero-order valence-electron chi connectivity index (χ0n) is 12.4. The van der Waals surface area contributed by atoms with Gasteiger partial charge in [0.15, 0.2) is 0 Å². The van der Waals surface area contributed by atoms with Crippen LogP contribution in [0.3, 0.4) is 0 Å². The Balaban J connectivity index is 2.18. The van der Waals surface area contributed by atoms with Crippen LogP contribution in [0.25, 0.3) is 0 Å². The lowest BCUT2D eigenvalue weighted by atomic mass is 9.79. The van der Waals surface area contributed by atoms with Crippen molar-refractivity contribution in [3.05, 3.63) is 0 Å². The Morgan fingerprint density at radius 2 is 1.50 bits per heavy atom. The van der Waals surface area contributed by atoms with Crippen molar-refractivity contribution in [2.24, 2.45) is 0 Å². The van der Waals surface area contributed by atoms with Crippen molar-refractivity contribution in [3.8, 4) is 0 Å². The summed E-state index contributed by atoms with van der Waals surface area (Å²) in [4.78, 5) is 11.8. The Hall–Kier alpha value is -1.67. The highest BCUT2D eigenvalue weighted by Gasteiger charge is 2.45. The topological polar surface area (TPSA) is 126 Å². The summed E-state index contributed by atoms with van der Waals surface area (Å²) in [5.41, 5.74) is 10.4. The van der Waals surface area contributed by atoms with Gasteiger partial charge in [0.2, 0.25) is 17.8 Å². The molecule has 20 heavy (non-hydrogen) atoms. The Bertz CT molecular complexity index is 464. The van der Waals surface area contributed by atoms with Crippen LogP contribution in [0.1, 0.15) is 40.5 Å². The molecule has 8 heteroatoms. The largest absolute Gasteiger partial charge is 0.368 e. The molecule has 2 heterocycles. The Morgan fingerprint density at radius 3 is 1.95 bits per heavy atom. The minimum Gasteiger partial charge on any atom is -0.368 e. The second-order valence-electron chi connectivity index (χ2n) is 6.56. The van der Waals surface area contributed by atoms with Crippen molar-refractivity contribution in [2.45, 2.75) is 57.7 Å². The van der Waals surface area contributed by atoms with E-state index in [-0.39, 0.29) is 29.0 Å². The predicted octanol–water partition coefficient (Wildman–Crippen LogP) is 0.859. The maximum atomic E-state index is 10.3. The summed E-state index contributed by atoms with van der Waals surface area (Å²) >= 11 is 0. The first-order valence-electron chi connectivity index (χ1n) is 6.63. The fraction of sp³-hybridized carbons (Fsp3) is 0.750. The van der Waals surface area contributed by atoms with Crippen molar-refractivity contribution in [1.29, 1.82) is 0 Å². The van der Waals surface area contributed by atoms with Crippen molar-refractivity contribution >= 4 is 17.8 Å². The molecule has 1 aliphatic heterocycles. The second kappa shape index (κ2) is 4.71. The van der Waals surface area contributed by atoms with Gasteiger partial charge in [0, 0.05) is 17.1 Å². The van der Waals surface area contributed by atoms with E-state index in [1.54, 1.807) is 0 Å². The monoisotopic (exact) mass is 281 g/mol. The number of rotatable bonds is 2. The molecule has 0 spiro atoms. The standard InChI is InChI=1S/C12H23N7O/c1-11(2)5-7(6-12(3,4)19(11)20)15-10-17-8(13)16-9(14)18-10/h7,20H,5-6H2,1-4H3,(H5,13,14,15,16,17,18). The first-order valence-corrected chi connectivity index (χ1v) is 6.63. The van der Waals surface area contributed by atoms with Gasteiger partial charge in [-0.3, -0.25) is 0 Å². The molecule has 0 amide bonds. The van der Waals surface area contributed by atoms with E-state index in [0.717, 1.165) is 12.8 Å². The van der Waals surface area contributed by atoms with E-state index in [1.807, 2.05) is 27.7 Å². The van der Waals surface area contributed by atoms with Gasteiger partial charge in [-0.1, -0.05) is 0 Å². The van der Waals surface area contributed by atoms with E-state index >= 15 is 0 Å². The lowest BCUT2D eigenvalue weighted by Gasteiger charge is -2.51. The van der Waals surface area contributed by atoms with Gasteiger partial charge < -0.3 is 22.0 Å². The molecule has 6 N–H and O–H groups in total. The van der Waals surface area contributed by atoms with Crippen molar-refractivity contribution in [1.82, 2.24) is 20.0 Å². The van der Waals surface area contributed by atoms with E-state index in [0.29, 0.717) is 5.95 Å². The van der Waals surface area contributed by atoms with Gasteiger partial charge in [-0.25, -0.2) is 0 Å². The number of anilines is 3. The highest BCUT2D eigenvalue weighted by molar-refractivity contribution is 5.38. The SMILES string of the molecule is CC1(C)CC(Nc2nc(N)nc(N)n2)CC(C)(C)N1O. The van der Waals surface area contributed by atoms with Gasteiger partial charge >= 0.3 is 0 Å². The van der Waals surface area contributed by atoms with E-state index in [4.69, 9.17) is 11.5 Å². The zero-order chi connectivity index (χ0) is 15.1. The second-order valence-corrected chi connectivity index (χ2v) is 6.56. The molecular formula is C12H23N7O. The summed E-state index contributed by atoms with van der Waals surface area (Å²) in [7, 11) is 0. The molecule has 0 radical (unpaired) electrons. The van der Waals surface area contributed by atoms with Gasteiger partial charge in [-0.15, -0.1) is 0 Å². The first-order chi connectivity index (χ1) is 9.10. The third-order valence-corrected chi connectivity index (χ3v) is 3.64. The number of nitrogen functional groups attached to an aromatic ring is 2. The van der Waals surface area contributed by atoms with Crippen molar-refractivity contribution < 1.29 is 5.21 Å². The van der Waals surface area contributed by atoms with Crippen molar-refractivity contribution in [2.75, 3.05) is 16.8 Å². The lowest BCUT2D eigenvalue weighted by Crippen LogP contribution is -2.61. The summed E-state index contributed by atoms with van der Waals surface area (Å²) in [6, 6.07) is 0.115. The Morgan fingerprint density at radius 1 is 1.05 bits per heavy atom. The molecule has 0 saturated carbocycles. The number of hydrogen-bond donors (Lipinski definition) is 4.